The van der Waals surface area contributed by atoms with Gasteiger partial charge in [0.15, 0.2) is 0 Å². The number of nitrogens with zero attached hydrogens (tertiary/aromatic N) is 2. The van der Waals surface area contributed by atoms with Crippen molar-refractivity contribution in [3.8, 4) is 5.75 Å². The predicted octanol–water partition coefficient (Wildman–Crippen LogP) is 2.03. The lowest BCUT2D eigenvalue weighted by atomic mass is 9.96. The summed E-state index contributed by atoms with van der Waals surface area (Å²) in [5.74, 6) is 0.836. The lowest BCUT2D eigenvalue weighted by Crippen LogP contribution is -2.53. The van der Waals surface area contributed by atoms with Crippen molar-refractivity contribution < 1.29 is 19.4 Å². The monoisotopic (exact) mass is 334 g/mol. The smallest absolute Gasteiger partial charge is 0.410 e. The van der Waals surface area contributed by atoms with Crippen molar-refractivity contribution >= 4 is 6.09 Å². The number of hydrogen-bond acceptors (Lipinski definition) is 5. The lowest BCUT2D eigenvalue weighted by molar-refractivity contribution is -0.0254. The second kappa shape index (κ2) is 6.61. The first-order valence-electron chi connectivity index (χ1n) is 8.47. The van der Waals surface area contributed by atoms with E-state index in [0.29, 0.717) is 32.8 Å². The first-order chi connectivity index (χ1) is 11.3. The van der Waals surface area contributed by atoms with E-state index in [0.717, 1.165) is 11.3 Å². The number of benzene rings is 1. The highest BCUT2D eigenvalue weighted by molar-refractivity contribution is 5.68. The summed E-state index contributed by atoms with van der Waals surface area (Å²) in [5.41, 5.74) is 0.534. The van der Waals surface area contributed by atoms with Gasteiger partial charge in [-0.05, 0) is 26.8 Å². The summed E-state index contributed by atoms with van der Waals surface area (Å²) in [7, 11) is 0. The minimum absolute atomic E-state index is 0.0873. The molecule has 0 spiro atoms. The number of aliphatic hydroxyl groups is 1. The number of aliphatic hydroxyl groups excluding tert-OH is 1. The zero-order valence-electron chi connectivity index (χ0n) is 14.6. The molecule has 6 nitrogen and oxygen atoms in total. The van der Waals surface area contributed by atoms with Crippen LogP contribution in [0, 0.1) is 0 Å². The Hall–Kier alpha value is -1.79. The molecule has 24 heavy (non-hydrogen) atoms. The maximum Gasteiger partial charge on any atom is 0.410 e. The van der Waals surface area contributed by atoms with E-state index < -0.39 is 11.7 Å². The Morgan fingerprint density at radius 2 is 1.88 bits per heavy atom. The molecule has 1 fully saturated rings. The summed E-state index contributed by atoms with van der Waals surface area (Å²) in [4.78, 5) is 16.1. The summed E-state index contributed by atoms with van der Waals surface area (Å²) in [6, 6.07) is 7.75. The molecule has 0 unspecified atom stereocenters. The second-order valence-corrected chi connectivity index (χ2v) is 7.36. The van der Waals surface area contributed by atoms with E-state index >= 15 is 0 Å². The van der Waals surface area contributed by atoms with E-state index in [1.807, 2.05) is 45.0 Å². The molecular weight excluding hydrogens is 308 g/mol. The maximum absolute atomic E-state index is 12.2. The molecule has 0 radical (unpaired) electrons. The minimum atomic E-state index is -0.562. The molecule has 2 atom stereocenters. The van der Waals surface area contributed by atoms with Crippen LogP contribution in [0.3, 0.4) is 0 Å². The van der Waals surface area contributed by atoms with Crippen molar-refractivity contribution in [3.63, 3.8) is 0 Å². The van der Waals surface area contributed by atoms with Gasteiger partial charge in [0.2, 0.25) is 0 Å². The average Bonchev–Trinajstić information content (AvgIpc) is 2.53. The summed E-state index contributed by atoms with van der Waals surface area (Å²) < 4.78 is 11.0. The van der Waals surface area contributed by atoms with Gasteiger partial charge in [-0.2, -0.15) is 0 Å². The summed E-state index contributed by atoms with van der Waals surface area (Å²) >= 11 is 0. The van der Waals surface area contributed by atoms with Crippen LogP contribution < -0.4 is 4.74 Å². The Morgan fingerprint density at radius 3 is 2.54 bits per heavy atom. The van der Waals surface area contributed by atoms with Crippen LogP contribution in [0.1, 0.15) is 32.4 Å². The number of carbonyl (C=O) groups excluding carboxylic acids is 1. The molecule has 0 aromatic heterocycles. The number of rotatable bonds is 1. The van der Waals surface area contributed by atoms with Gasteiger partial charge in [-0.1, -0.05) is 18.2 Å². The fourth-order valence-corrected chi connectivity index (χ4v) is 3.28. The van der Waals surface area contributed by atoms with Crippen LogP contribution >= 0.6 is 0 Å². The van der Waals surface area contributed by atoms with E-state index in [1.165, 1.54) is 0 Å². The molecule has 1 saturated heterocycles. The number of ether oxygens (including phenoxy) is 2. The van der Waals surface area contributed by atoms with Crippen LogP contribution in [-0.2, 0) is 4.74 Å². The van der Waals surface area contributed by atoms with Crippen molar-refractivity contribution in [2.75, 3.05) is 32.8 Å². The minimum Gasteiger partial charge on any atom is -0.490 e. The molecule has 0 bridgehead atoms. The zero-order valence-corrected chi connectivity index (χ0v) is 14.6. The third-order valence-corrected chi connectivity index (χ3v) is 4.37. The fraction of sp³-hybridized carbons (Fsp3) is 0.611. The van der Waals surface area contributed by atoms with Crippen LogP contribution in [0.5, 0.6) is 5.75 Å². The molecule has 1 amide bonds. The van der Waals surface area contributed by atoms with Gasteiger partial charge in [-0.3, -0.25) is 4.90 Å². The third-order valence-electron chi connectivity index (χ3n) is 4.37. The molecule has 1 aromatic rings. The first-order valence-corrected chi connectivity index (χ1v) is 8.47. The quantitative estimate of drug-likeness (QED) is 0.851. The van der Waals surface area contributed by atoms with Gasteiger partial charge in [0.25, 0.3) is 0 Å². The largest absolute Gasteiger partial charge is 0.490 e. The highest BCUT2D eigenvalue weighted by atomic mass is 16.6. The van der Waals surface area contributed by atoms with Crippen LogP contribution in [-0.4, -0.2) is 65.5 Å². The Balaban J connectivity index is 1.66. The van der Waals surface area contributed by atoms with E-state index in [4.69, 9.17) is 9.47 Å². The molecule has 2 heterocycles. The standard InChI is InChI=1S/C18H26N2O4/c1-18(2,3)24-17(22)20-10-8-19(9-11-20)16-13-6-4-5-7-15(13)23-12-14(16)21/h4-7,14,16,21H,8-12H2,1-3H3/t14-,16-/m0/s1. The Morgan fingerprint density at radius 1 is 1.21 bits per heavy atom. The average molecular weight is 334 g/mol. The van der Waals surface area contributed by atoms with E-state index in [2.05, 4.69) is 4.90 Å². The van der Waals surface area contributed by atoms with Gasteiger partial charge in [-0.25, -0.2) is 4.79 Å². The molecule has 0 saturated carbocycles. The number of amides is 1. The van der Waals surface area contributed by atoms with E-state index in [1.54, 1.807) is 4.90 Å². The van der Waals surface area contributed by atoms with Gasteiger partial charge >= 0.3 is 6.09 Å². The Bertz CT molecular complexity index is 591. The molecule has 2 aliphatic heterocycles. The van der Waals surface area contributed by atoms with Gasteiger partial charge < -0.3 is 19.5 Å². The number of piperazine rings is 1. The first kappa shape index (κ1) is 17.0. The number of hydrogen-bond donors (Lipinski definition) is 1. The van der Waals surface area contributed by atoms with Gasteiger partial charge in [0, 0.05) is 31.7 Å². The lowest BCUT2D eigenvalue weighted by Gasteiger charge is -2.43. The normalized spacial score (nSPS) is 24.9. The predicted molar refractivity (Wildman–Crippen MR) is 90.1 cm³/mol. The number of carbonyl (C=O) groups is 1. The molecule has 132 valence electrons. The third kappa shape index (κ3) is 3.65. The van der Waals surface area contributed by atoms with Crippen LogP contribution in [0.4, 0.5) is 4.79 Å². The van der Waals surface area contributed by atoms with Gasteiger partial charge in [0.05, 0.1) is 6.04 Å². The molecule has 2 aliphatic rings. The van der Waals surface area contributed by atoms with Gasteiger partial charge in [-0.15, -0.1) is 0 Å². The molecule has 6 heteroatoms. The topological polar surface area (TPSA) is 62.2 Å². The molecule has 1 aromatic carbocycles. The summed E-state index contributed by atoms with van der Waals surface area (Å²) in [6.07, 6.45) is -0.831. The van der Waals surface area contributed by atoms with Crippen molar-refractivity contribution in [2.45, 2.75) is 38.5 Å². The number of para-hydroxylation sites is 1. The van der Waals surface area contributed by atoms with E-state index in [9.17, 15) is 9.90 Å². The Labute approximate surface area is 143 Å². The molecule has 3 rings (SSSR count). The fourth-order valence-electron chi connectivity index (χ4n) is 3.28. The van der Waals surface area contributed by atoms with Crippen LogP contribution in [0.25, 0.3) is 0 Å². The van der Waals surface area contributed by atoms with Crippen molar-refractivity contribution in [3.05, 3.63) is 29.8 Å². The van der Waals surface area contributed by atoms with E-state index in [-0.39, 0.29) is 12.1 Å². The number of fused-ring (bicyclic) bond motifs is 1. The Kier molecular flexibility index (Phi) is 4.69. The zero-order chi connectivity index (χ0) is 17.3. The highest BCUT2D eigenvalue weighted by Gasteiger charge is 2.36. The van der Waals surface area contributed by atoms with Crippen molar-refractivity contribution in [1.29, 1.82) is 0 Å². The summed E-state index contributed by atoms with van der Waals surface area (Å²) in [5, 5.41) is 10.4. The van der Waals surface area contributed by atoms with Crippen molar-refractivity contribution in [1.82, 2.24) is 9.80 Å². The van der Waals surface area contributed by atoms with Crippen LogP contribution in [0.2, 0.25) is 0 Å². The molecule has 1 N–H and O–H groups in total. The molecular formula is C18H26N2O4. The SMILES string of the molecule is CC(C)(C)OC(=O)N1CCN([C@H]2c3ccccc3OC[C@@H]2O)CC1. The van der Waals surface area contributed by atoms with Gasteiger partial charge in [0.1, 0.15) is 24.1 Å². The van der Waals surface area contributed by atoms with Crippen molar-refractivity contribution in [2.24, 2.45) is 0 Å². The molecule has 0 aliphatic carbocycles. The summed E-state index contributed by atoms with van der Waals surface area (Å²) in [6.45, 7) is 8.52. The second-order valence-electron chi connectivity index (χ2n) is 7.36. The highest BCUT2D eigenvalue weighted by Crippen LogP contribution is 2.36. The maximum atomic E-state index is 12.2. The van der Waals surface area contributed by atoms with Crippen LogP contribution in [0.15, 0.2) is 24.3 Å².